The van der Waals surface area contributed by atoms with Crippen molar-refractivity contribution >= 4 is 27.3 Å². The van der Waals surface area contributed by atoms with E-state index in [0.29, 0.717) is 0 Å². The van der Waals surface area contributed by atoms with Crippen LogP contribution in [0.5, 0.6) is 0 Å². The van der Waals surface area contributed by atoms with Crippen molar-refractivity contribution in [1.82, 2.24) is 15.3 Å². The van der Waals surface area contributed by atoms with Gasteiger partial charge in [-0.15, -0.1) is 11.3 Å². The van der Waals surface area contributed by atoms with Crippen LogP contribution in [0.25, 0.3) is 0 Å². The number of pyridine rings is 1. The molecule has 0 aliphatic rings. The Morgan fingerprint density at radius 1 is 1.33 bits per heavy atom. The third kappa shape index (κ3) is 3.37. The third-order valence-electron chi connectivity index (χ3n) is 1.86. The van der Waals surface area contributed by atoms with Crippen molar-refractivity contribution in [2.75, 3.05) is 0 Å². The number of aromatic nitrogens is 2. The number of halogens is 1. The molecule has 0 saturated carbocycles. The Morgan fingerprint density at radius 3 is 3.00 bits per heavy atom. The quantitative estimate of drug-likeness (QED) is 0.877. The molecule has 0 unspecified atom stereocenters. The summed E-state index contributed by atoms with van der Waals surface area (Å²) >= 11 is 5.00. The van der Waals surface area contributed by atoms with E-state index in [9.17, 15) is 0 Å². The predicted molar refractivity (Wildman–Crippen MR) is 64.6 cm³/mol. The number of hydrogen-bond donors (Lipinski definition) is 1. The first-order chi connectivity index (χ1) is 7.34. The second-order valence-corrected chi connectivity index (χ2v) is 4.81. The molecule has 15 heavy (non-hydrogen) atoms. The highest BCUT2D eigenvalue weighted by Gasteiger charge is 1.97. The van der Waals surface area contributed by atoms with Crippen LogP contribution in [0.3, 0.4) is 0 Å². The smallest absolute Gasteiger partial charge is 0.106 e. The summed E-state index contributed by atoms with van der Waals surface area (Å²) in [5, 5.41) is 3.32. The van der Waals surface area contributed by atoms with Gasteiger partial charge in [0.25, 0.3) is 0 Å². The van der Waals surface area contributed by atoms with Crippen molar-refractivity contribution < 1.29 is 0 Å². The van der Waals surface area contributed by atoms with E-state index in [2.05, 4.69) is 31.2 Å². The highest BCUT2D eigenvalue weighted by Crippen LogP contribution is 2.07. The average molecular weight is 284 g/mol. The van der Waals surface area contributed by atoms with Crippen molar-refractivity contribution in [1.29, 1.82) is 0 Å². The van der Waals surface area contributed by atoms with Crippen LogP contribution < -0.4 is 5.32 Å². The molecule has 0 bridgehead atoms. The molecule has 0 aromatic carbocycles. The number of rotatable bonds is 4. The average Bonchev–Trinajstić information content (AvgIpc) is 2.71. The molecule has 0 radical (unpaired) electrons. The molecule has 2 rings (SSSR count). The highest BCUT2D eigenvalue weighted by molar-refractivity contribution is 9.10. The van der Waals surface area contributed by atoms with Gasteiger partial charge in [0.05, 0.1) is 11.2 Å². The lowest BCUT2D eigenvalue weighted by atomic mass is 10.3. The first-order valence-electron chi connectivity index (χ1n) is 4.54. The summed E-state index contributed by atoms with van der Waals surface area (Å²) in [4.78, 5) is 9.59. The fourth-order valence-corrected chi connectivity index (χ4v) is 2.14. The summed E-state index contributed by atoms with van der Waals surface area (Å²) in [6.07, 6.45) is 1.88. The normalized spacial score (nSPS) is 10.5. The third-order valence-corrected chi connectivity index (χ3v) is 3.08. The van der Waals surface area contributed by atoms with Crippen LogP contribution in [-0.4, -0.2) is 9.97 Å². The molecule has 0 spiro atoms. The molecule has 2 heterocycles. The maximum absolute atomic E-state index is 4.33. The lowest BCUT2D eigenvalue weighted by Gasteiger charge is -2.02. The molecular weight excluding hydrogens is 274 g/mol. The van der Waals surface area contributed by atoms with E-state index in [1.165, 1.54) is 4.88 Å². The topological polar surface area (TPSA) is 37.8 Å². The first kappa shape index (κ1) is 10.7. The predicted octanol–water partition coefficient (Wildman–Crippen LogP) is 2.59. The van der Waals surface area contributed by atoms with Crippen LogP contribution in [0.1, 0.15) is 10.6 Å². The minimum absolute atomic E-state index is 0.775. The van der Waals surface area contributed by atoms with Gasteiger partial charge in [-0.3, -0.25) is 4.98 Å². The van der Waals surface area contributed by atoms with Gasteiger partial charge >= 0.3 is 0 Å². The van der Waals surface area contributed by atoms with E-state index < -0.39 is 0 Å². The van der Waals surface area contributed by atoms with Gasteiger partial charge in [0, 0.05) is 24.2 Å². The number of hydrogen-bond acceptors (Lipinski definition) is 4. The molecule has 1 N–H and O–H groups in total. The van der Waals surface area contributed by atoms with Crippen LogP contribution in [0.15, 0.2) is 34.5 Å². The molecule has 2 aromatic heterocycles. The Kier molecular flexibility index (Phi) is 3.82. The Hall–Kier alpha value is -0.780. The zero-order valence-corrected chi connectivity index (χ0v) is 10.4. The molecule has 2 aromatic rings. The largest absolute Gasteiger partial charge is 0.306 e. The molecule has 0 atom stereocenters. The summed E-state index contributed by atoms with van der Waals surface area (Å²) in [5.41, 5.74) is 2.88. The van der Waals surface area contributed by atoms with Gasteiger partial charge in [-0.1, -0.05) is 6.07 Å². The molecule has 0 saturated heterocycles. The maximum atomic E-state index is 4.33. The summed E-state index contributed by atoms with van der Waals surface area (Å²) in [6.45, 7) is 1.62. The van der Waals surface area contributed by atoms with Gasteiger partial charge in [-0.2, -0.15) is 0 Å². The fraction of sp³-hybridized carbons (Fsp3) is 0.200. The molecule has 3 nitrogen and oxygen atoms in total. The zero-order chi connectivity index (χ0) is 10.5. The van der Waals surface area contributed by atoms with Gasteiger partial charge in [-0.05, 0) is 28.1 Å². The number of nitrogens with zero attached hydrogens (tertiary/aromatic N) is 2. The van der Waals surface area contributed by atoms with Gasteiger partial charge in [-0.25, -0.2) is 4.98 Å². The second-order valence-electron chi connectivity index (χ2n) is 3.02. The Bertz CT molecular complexity index is 416. The summed E-state index contributed by atoms with van der Waals surface area (Å²) in [5.74, 6) is 0. The van der Waals surface area contributed by atoms with Crippen molar-refractivity contribution in [3.63, 3.8) is 0 Å². The SMILES string of the molecule is Brc1cccc(CNCc2cncs2)n1. The summed E-state index contributed by atoms with van der Waals surface area (Å²) in [6, 6.07) is 5.91. The lowest BCUT2D eigenvalue weighted by Crippen LogP contribution is -2.12. The molecule has 78 valence electrons. The minimum Gasteiger partial charge on any atom is -0.306 e. The standard InChI is InChI=1S/C10H10BrN3S/c11-10-3-1-2-8(14-10)4-12-5-9-6-13-7-15-9/h1-3,6-7,12H,4-5H2. The van der Waals surface area contributed by atoms with Crippen molar-refractivity contribution in [3.8, 4) is 0 Å². The van der Waals surface area contributed by atoms with Crippen LogP contribution in [0.4, 0.5) is 0 Å². The van der Waals surface area contributed by atoms with E-state index in [4.69, 9.17) is 0 Å². The van der Waals surface area contributed by atoms with Gasteiger partial charge < -0.3 is 5.32 Å². The van der Waals surface area contributed by atoms with Crippen LogP contribution in [-0.2, 0) is 13.1 Å². The number of thiazole rings is 1. The van der Waals surface area contributed by atoms with Crippen LogP contribution >= 0.6 is 27.3 Å². The number of nitrogens with one attached hydrogen (secondary N) is 1. The fourth-order valence-electron chi connectivity index (χ4n) is 1.19. The summed E-state index contributed by atoms with van der Waals surface area (Å²) < 4.78 is 0.875. The second kappa shape index (κ2) is 5.34. The van der Waals surface area contributed by atoms with Crippen molar-refractivity contribution in [2.24, 2.45) is 0 Å². The van der Waals surface area contributed by atoms with Crippen molar-refractivity contribution in [3.05, 3.63) is 45.1 Å². The minimum atomic E-state index is 0.775. The molecule has 0 aliphatic carbocycles. The first-order valence-corrected chi connectivity index (χ1v) is 6.21. The van der Waals surface area contributed by atoms with Crippen molar-refractivity contribution in [2.45, 2.75) is 13.1 Å². The van der Waals surface area contributed by atoms with Gasteiger partial charge in [0.1, 0.15) is 4.60 Å². The van der Waals surface area contributed by atoms with Crippen LogP contribution in [0.2, 0.25) is 0 Å². The maximum Gasteiger partial charge on any atom is 0.106 e. The zero-order valence-electron chi connectivity index (χ0n) is 7.98. The van der Waals surface area contributed by atoms with E-state index in [1.54, 1.807) is 11.3 Å². The molecule has 0 fully saturated rings. The highest BCUT2D eigenvalue weighted by atomic mass is 79.9. The monoisotopic (exact) mass is 283 g/mol. The van der Waals surface area contributed by atoms with E-state index >= 15 is 0 Å². The lowest BCUT2D eigenvalue weighted by molar-refractivity contribution is 0.684. The van der Waals surface area contributed by atoms with Gasteiger partial charge in [0.2, 0.25) is 0 Å². The molecule has 5 heteroatoms. The Labute approximate surface area is 101 Å². The van der Waals surface area contributed by atoms with E-state index in [-0.39, 0.29) is 0 Å². The Balaban J connectivity index is 1.83. The molecule has 0 aliphatic heterocycles. The van der Waals surface area contributed by atoms with E-state index in [1.807, 2.05) is 29.9 Å². The Morgan fingerprint density at radius 2 is 2.27 bits per heavy atom. The molecule has 0 amide bonds. The van der Waals surface area contributed by atoms with E-state index in [0.717, 1.165) is 23.4 Å². The van der Waals surface area contributed by atoms with Gasteiger partial charge in [0.15, 0.2) is 0 Å². The van der Waals surface area contributed by atoms with Crippen LogP contribution in [0, 0.1) is 0 Å². The summed E-state index contributed by atoms with van der Waals surface area (Å²) in [7, 11) is 0. The molecular formula is C10H10BrN3S.